The number of rotatable bonds is 6. The normalized spacial score (nSPS) is 18.4. The van der Waals surface area contributed by atoms with E-state index in [-0.39, 0.29) is 23.3 Å². The highest BCUT2D eigenvalue weighted by atomic mass is 35.5. The number of halogens is 1. The molecule has 0 radical (unpaired) electrons. The lowest BCUT2D eigenvalue weighted by Gasteiger charge is -2.31. The van der Waals surface area contributed by atoms with E-state index >= 15 is 0 Å². The van der Waals surface area contributed by atoms with Gasteiger partial charge in [-0.3, -0.25) is 9.59 Å². The van der Waals surface area contributed by atoms with Crippen LogP contribution in [0.1, 0.15) is 19.8 Å². The molecule has 0 saturated carbocycles. The molecule has 160 valence electrons. The number of piperidine rings is 1. The summed E-state index contributed by atoms with van der Waals surface area (Å²) in [6.45, 7) is 2.02. The van der Waals surface area contributed by atoms with Crippen molar-refractivity contribution in [3.8, 4) is 0 Å². The van der Waals surface area contributed by atoms with Crippen molar-refractivity contribution < 1.29 is 18.0 Å². The third-order valence-corrected chi connectivity index (χ3v) is 7.13. The highest BCUT2D eigenvalue weighted by molar-refractivity contribution is 7.89. The van der Waals surface area contributed by atoms with Crippen LogP contribution in [0.25, 0.3) is 0 Å². The van der Waals surface area contributed by atoms with Gasteiger partial charge in [0.1, 0.15) is 6.04 Å². The maximum Gasteiger partial charge on any atom is 0.246 e. The standard InChI is InChI=1S/C21H24ClN3O4S/c1-15(20(26)24-18-7-3-2-4-8-18)23-21(27)16-6-5-13-25(14-16)30(28,29)19-11-9-17(22)10-12-19/h2-4,7-12,15-16H,5-6,13-14H2,1H3,(H,23,27)(H,24,26)/t15-,16+/m0/s1. The van der Waals surface area contributed by atoms with Crippen molar-refractivity contribution in [1.29, 1.82) is 0 Å². The van der Waals surface area contributed by atoms with Crippen molar-refractivity contribution in [2.45, 2.75) is 30.7 Å². The molecule has 2 amide bonds. The monoisotopic (exact) mass is 449 g/mol. The summed E-state index contributed by atoms with van der Waals surface area (Å²) in [7, 11) is -3.72. The molecule has 1 heterocycles. The molecule has 3 rings (SSSR count). The van der Waals surface area contributed by atoms with E-state index in [4.69, 9.17) is 11.6 Å². The van der Waals surface area contributed by atoms with Crippen LogP contribution in [0.5, 0.6) is 0 Å². The number of nitrogens with one attached hydrogen (secondary N) is 2. The summed E-state index contributed by atoms with van der Waals surface area (Å²) in [5.74, 6) is -1.19. The average molecular weight is 450 g/mol. The van der Waals surface area contributed by atoms with Gasteiger partial charge in [-0.05, 0) is 56.2 Å². The largest absolute Gasteiger partial charge is 0.344 e. The van der Waals surface area contributed by atoms with Crippen molar-refractivity contribution in [2.24, 2.45) is 5.92 Å². The molecule has 2 aromatic carbocycles. The Kier molecular flexibility index (Phi) is 7.12. The summed E-state index contributed by atoms with van der Waals surface area (Å²) >= 11 is 5.84. The van der Waals surface area contributed by atoms with Gasteiger partial charge >= 0.3 is 0 Å². The van der Waals surface area contributed by atoms with Gasteiger partial charge < -0.3 is 10.6 Å². The predicted molar refractivity (Wildman–Crippen MR) is 116 cm³/mol. The Morgan fingerprint density at radius 1 is 1.10 bits per heavy atom. The smallest absolute Gasteiger partial charge is 0.246 e. The molecule has 2 atom stereocenters. The molecule has 1 aliphatic rings. The van der Waals surface area contributed by atoms with Crippen LogP contribution < -0.4 is 10.6 Å². The Bertz CT molecular complexity index is 997. The molecule has 7 nitrogen and oxygen atoms in total. The lowest BCUT2D eigenvalue weighted by Crippen LogP contribution is -2.49. The number of anilines is 1. The van der Waals surface area contributed by atoms with Crippen LogP contribution in [0, 0.1) is 5.92 Å². The Morgan fingerprint density at radius 2 is 1.77 bits per heavy atom. The molecule has 1 fully saturated rings. The first kappa shape index (κ1) is 22.3. The maximum absolute atomic E-state index is 12.9. The minimum absolute atomic E-state index is 0.0732. The van der Waals surface area contributed by atoms with Gasteiger partial charge in [0.2, 0.25) is 21.8 Å². The van der Waals surface area contributed by atoms with E-state index in [1.165, 1.54) is 28.6 Å². The van der Waals surface area contributed by atoms with Gasteiger partial charge in [0.15, 0.2) is 0 Å². The highest BCUT2D eigenvalue weighted by Crippen LogP contribution is 2.25. The molecular formula is C21H24ClN3O4S. The SMILES string of the molecule is C[C@H](NC(=O)[C@@H]1CCCN(S(=O)(=O)c2ccc(Cl)cc2)C1)C(=O)Nc1ccccc1. The molecule has 1 aliphatic heterocycles. The molecule has 0 aliphatic carbocycles. The molecule has 1 saturated heterocycles. The van der Waals surface area contributed by atoms with E-state index in [9.17, 15) is 18.0 Å². The Labute approximate surface area is 181 Å². The number of carbonyl (C=O) groups excluding carboxylic acids is 2. The molecule has 9 heteroatoms. The van der Waals surface area contributed by atoms with Crippen molar-refractivity contribution >= 4 is 39.1 Å². The quantitative estimate of drug-likeness (QED) is 0.708. The predicted octanol–water partition coefficient (Wildman–Crippen LogP) is 2.88. The summed E-state index contributed by atoms with van der Waals surface area (Å²) in [5.41, 5.74) is 0.640. The Hall–Kier alpha value is -2.42. The fourth-order valence-electron chi connectivity index (χ4n) is 3.30. The van der Waals surface area contributed by atoms with Crippen LogP contribution >= 0.6 is 11.6 Å². The van der Waals surface area contributed by atoms with Crippen LogP contribution in [0.15, 0.2) is 59.5 Å². The number of para-hydroxylation sites is 1. The van der Waals surface area contributed by atoms with Gasteiger partial charge in [0, 0.05) is 23.8 Å². The number of amides is 2. The minimum Gasteiger partial charge on any atom is -0.344 e. The second kappa shape index (κ2) is 9.59. The number of hydrogen-bond donors (Lipinski definition) is 2. The van der Waals surface area contributed by atoms with Crippen LogP contribution in [0.2, 0.25) is 5.02 Å². The van der Waals surface area contributed by atoms with Gasteiger partial charge in [-0.15, -0.1) is 0 Å². The first-order chi connectivity index (χ1) is 14.3. The molecular weight excluding hydrogens is 426 g/mol. The fraction of sp³-hybridized carbons (Fsp3) is 0.333. The number of sulfonamides is 1. The van der Waals surface area contributed by atoms with Crippen LogP contribution in [0.3, 0.4) is 0 Å². The van der Waals surface area contributed by atoms with Crippen LogP contribution in [-0.4, -0.2) is 43.7 Å². The third-order valence-electron chi connectivity index (χ3n) is 5.00. The van der Waals surface area contributed by atoms with Gasteiger partial charge in [0.05, 0.1) is 10.8 Å². The van der Waals surface area contributed by atoms with Crippen LogP contribution in [0.4, 0.5) is 5.69 Å². The summed E-state index contributed by atoms with van der Waals surface area (Å²) < 4.78 is 27.1. The lowest BCUT2D eigenvalue weighted by atomic mass is 9.98. The van der Waals surface area contributed by atoms with Crippen LogP contribution in [-0.2, 0) is 19.6 Å². The van der Waals surface area contributed by atoms with E-state index in [2.05, 4.69) is 10.6 Å². The van der Waals surface area contributed by atoms with Crippen molar-refractivity contribution in [1.82, 2.24) is 9.62 Å². The zero-order chi connectivity index (χ0) is 21.7. The van der Waals surface area contributed by atoms with E-state index in [1.807, 2.05) is 6.07 Å². The number of nitrogens with zero attached hydrogens (tertiary/aromatic N) is 1. The Morgan fingerprint density at radius 3 is 2.43 bits per heavy atom. The van der Waals surface area contributed by atoms with Gasteiger partial charge in [0.25, 0.3) is 0 Å². The molecule has 0 aromatic heterocycles. The molecule has 2 aromatic rings. The number of carbonyl (C=O) groups is 2. The van der Waals surface area contributed by atoms with E-state index in [0.717, 1.165) is 0 Å². The maximum atomic E-state index is 12.9. The summed E-state index contributed by atoms with van der Waals surface area (Å²) in [6.07, 6.45) is 1.13. The van der Waals surface area contributed by atoms with Crippen molar-refractivity contribution in [3.63, 3.8) is 0 Å². The van der Waals surface area contributed by atoms with E-state index < -0.39 is 22.0 Å². The van der Waals surface area contributed by atoms with Gasteiger partial charge in [-0.1, -0.05) is 29.8 Å². The summed E-state index contributed by atoms with van der Waals surface area (Å²) in [6, 6.07) is 14.2. The van der Waals surface area contributed by atoms with E-state index in [0.29, 0.717) is 30.1 Å². The van der Waals surface area contributed by atoms with E-state index in [1.54, 1.807) is 31.2 Å². The molecule has 2 N–H and O–H groups in total. The fourth-order valence-corrected chi connectivity index (χ4v) is 4.95. The van der Waals surface area contributed by atoms with Gasteiger partial charge in [-0.2, -0.15) is 4.31 Å². The third kappa shape index (κ3) is 5.38. The van der Waals surface area contributed by atoms with Crippen molar-refractivity contribution in [3.05, 3.63) is 59.6 Å². The first-order valence-electron chi connectivity index (χ1n) is 9.69. The minimum atomic E-state index is -3.72. The molecule has 30 heavy (non-hydrogen) atoms. The zero-order valence-electron chi connectivity index (χ0n) is 16.5. The molecule has 0 bridgehead atoms. The Balaban J connectivity index is 1.61. The van der Waals surface area contributed by atoms with Crippen molar-refractivity contribution in [2.75, 3.05) is 18.4 Å². The van der Waals surface area contributed by atoms with Gasteiger partial charge in [-0.25, -0.2) is 8.42 Å². The molecule has 0 unspecified atom stereocenters. The molecule has 0 spiro atoms. The average Bonchev–Trinajstić information content (AvgIpc) is 2.74. The number of benzene rings is 2. The lowest BCUT2D eigenvalue weighted by molar-refractivity contribution is -0.129. The summed E-state index contributed by atoms with van der Waals surface area (Å²) in [5, 5.41) is 5.89. The number of hydrogen-bond acceptors (Lipinski definition) is 4. The second-order valence-electron chi connectivity index (χ2n) is 7.24. The topological polar surface area (TPSA) is 95.6 Å². The highest BCUT2D eigenvalue weighted by Gasteiger charge is 2.34. The summed E-state index contributed by atoms with van der Waals surface area (Å²) in [4.78, 5) is 25.2. The second-order valence-corrected chi connectivity index (χ2v) is 9.62. The zero-order valence-corrected chi connectivity index (χ0v) is 18.1. The first-order valence-corrected chi connectivity index (χ1v) is 11.5.